The molecular weight excluding hydrogens is 272 g/mol. The van der Waals surface area contributed by atoms with Crippen molar-refractivity contribution in [1.29, 1.82) is 0 Å². The van der Waals surface area contributed by atoms with E-state index < -0.39 is 0 Å². The van der Waals surface area contributed by atoms with Crippen LogP contribution in [0.3, 0.4) is 0 Å². The van der Waals surface area contributed by atoms with Crippen molar-refractivity contribution in [3.63, 3.8) is 0 Å². The summed E-state index contributed by atoms with van der Waals surface area (Å²) in [6, 6.07) is 14.2. The predicted molar refractivity (Wildman–Crippen MR) is 90.3 cm³/mol. The molecule has 2 aromatic carbocycles. The van der Waals surface area contributed by atoms with Crippen molar-refractivity contribution in [3.05, 3.63) is 66.0 Å². The molecule has 3 rings (SSSR count). The molecule has 0 radical (unpaired) electrons. The summed E-state index contributed by atoms with van der Waals surface area (Å²) in [5.74, 6) is 0. The van der Waals surface area contributed by atoms with Crippen LogP contribution in [0.4, 0.5) is 0 Å². The quantitative estimate of drug-likeness (QED) is 0.775. The number of hydrogen-bond acceptors (Lipinski definition) is 3. The molecule has 0 fully saturated rings. The molecule has 1 heterocycles. The van der Waals surface area contributed by atoms with E-state index in [9.17, 15) is 5.11 Å². The second kappa shape index (κ2) is 5.52. The van der Waals surface area contributed by atoms with Gasteiger partial charge in [0, 0.05) is 23.3 Å². The molecule has 0 atom stereocenters. The highest BCUT2D eigenvalue weighted by Crippen LogP contribution is 2.31. The average molecular weight is 292 g/mol. The molecule has 0 bridgehead atoms. The molecule has 22 heavy (non-hydrogen) atoms. The topological polar surface area (TPSA) is 59.1 Å². The fourth-order valence-corrected chi connectivity index (χ4v) is 2.75. The summed E-state index contributed by atoms with van der Waals surface area (Å²) in [6.07, 6.45) is 3.57. The van der Waals surface area contributed by atoms with E-state index in [0.29, 0.717) is 0 Å². The van der Waals surface area contributed by atoms with Gasteiger partial charge < -0.3 is 10.8 Å². The van der Waals surface area contributed by atoms with Crippen LogP contribution < -0.4 is 5.73 Å². The first-order chi connectivity index (χ1) is 10.5. The number of aromatic nitrogens is 1. The summed E-state index contributed by atoms with van der Waals surface area (Å²) in [5.41, 5.74) is 9.92. The highest BCUT2D eigenvalue weighted by Gasteiger charge is 2.14. The minimum atomic E-state index is -0.354. The Balaban J connectivity index is 2.14. The first-order valence-corrected chi connectivity index (χ1v) is 7.37. The van der Waals surface area contributed by atoms with E-state index in [1.165, 1.54) is 0 Å². The van der Waals surface area contributed by atoms with E-state index in [4.69, 9.17) is 5.73 Å². The lowest BCUT2D eigenvalue weighted by Gasteiger charge is -2.19. The second-order valence-electron chi connectivity index (χ2n) is 6.15. The van der Waals surface area contributed by atoms with Gasteiger partial charge in [0.2, 0.25) is 0 Å². The number of rotatable bonds is 3. The monoisotopic (exact) mass is 292 g/mol. The van der Waals surface area contributed by atoms with Crippen LogP contribution >= 0.6 is 0 Å². The van der Waals surface area contributed by atoms with Crippen molar-refractivity contribution < 1.29 is 5.11 Å². The molecule has 3 nitrogen and oxygen atoms in total. The molecule has 112 valence electrons. The number of aliphatic hydroxyl groups excluding tert-OH is 1. The van der Waals surface area contributed by atoms with Crippen molar-refractivity contribution in [2.45, 2.75) is 26.0 Å². The maximum Gasteiger partial charge on any atom is 0.0693 e. The van der Waals surface area contributed by atoms with Crippen LogP contribution in [-0.4, -0.2) is 10.1 Å². The van der Waals surface area contributed by atoms with E-state index in [2.05, 4.69) is 17.1 Å². The Morgan fingerprint density at radius 2 is 1.77 bits per heavy atom. The summed E-state index contributed by atoms with van der Waals surface area (Å²) < 4.78 is 0. The molecule has 0 unspecified atom stereocenters. The first-order valence-electron chi connectivity index (χ1n) is 7.37. The Hall–Kier alpha value is -2.23. The lowest BCUT2D eigenvalue weighted by atomic mass is 9.91. The fourth-order valence-electron chi connectivity index (χ4n) is 2.75. The minimum absolute atomic E-state index is 0.000814. The Bertz CT molecular complexity index is 802. The number of pyridine rings is 1. The normalized spacial score (nSPS) is 11.8. The third-order valence-electron chi connectivity index (χ3n) is 4.03. The van der Waals surface area contributed by atoms with Crippen molar-refractivity contribution in [1.82, 2.24) is 4.98 Å². The SMILES string of the molecule is CC(C)(N)c1ccc(-c2ccc3cnccc3c2CO)cc1. The molecule has 3 aromatic rings. The van der Waals surface area contributed by atoms with Gasteiger partial charge in [-0.2, -0.15) is 0 Å². The third kappa shape index (κ3) is 2.61. The van der Waals surface area contributed by atoms with Gasteiger partial charge in [-0.1, -0.05) is 36.4 Å². The van der Waals surface area contributed by atoms with Gasteiger partial charge in [-0.05, 0) is 47.6 Å². The number of aliphatic hydroxyl groups is 1. The van der Waals surface area contributed by atoms with Crippen LogP contribution in [0, 0.1) is 0 Å². The average Bonchev–Trinajstić information content (AvgIpc) is 2.53. The highest BCUT2D eigenvalue weighted by molar-refractivity contribution is 5.91. The molecule has 3 heteroatoms. The van der Waals surface area contributed by atoms with Gasteiger partial charge >= 0.3 is 0 Å². The lowest BCUT2D eigenvalue weighted by molar-refractivity contribution is 0.284. The molecule has 0 aliphatic carbocycles. The van der Waals surface area contributed by atoms with E-state index in [0.717, 1.165) is 33.0 Å². The zero-order chi connectivity index (χ0) is 15.7. The summed E-state index contributed by atoms with van der Waals surface area (Å²) in [4.78, 5) is 4.13. The van der Waals surface area contributed by atoms with E-state index in [1.807, 2.05) is 50.4 Å². The summed E-state index contributed by atoms with van der Waals surface area (Å²) >= 11 is 0. The van der Waals surface area contributed by atoms with Crippen LogP contribution in [0.1, 0.15) is 25.0 Å². The van der Waals surface area contributed by atoms with Gasteiger partial charge in [0.25, 0.3) is 0 Å². The third-order valence-corrected chi connectivity index (χ3v) is 4.03. The van der Waals surface area contributed by atoms with Gasteiger partial charge in [-0.15, -0.1) is 0 Å². The molecule has 0 saturated carbocycles. The van der Waals surface area contributed by atoms with Crippen LogP contribution in [0.15, 0.2) is 54.9 Å². The van der Waals surface area contributed by atoms with Crippen LogP contribution in [0.2, 0.25) is 0 Å². The Kier molecular flexibility index (Phi) is 3.69. The molecule has 0 saturated heterocycles. The zero-order valence-corrected chi connectivity index (χ0v) is 12.9. The van der Waals surface area contributed by atoms with E-state index in [1.54, 1.807) is 6.20 Å². The maximum atomic E-state index is 9.82. The number of benzene rings is 2. The van der Waals surface area contributed by atoms with Crippen molar-refractivity contribution in [3.8, 4) is 11.1 Å². The second-order valence-corrected chi connectivity index (χ2v) is 6.15. The molecule has 1 aromatic heterocycles. The Labute approximate surface area is 130 Å². The Morgan fingerprint density at radius 1 is 1.05 bits per heavy atom. The zero-order valence-electron chi connectivity index (χ0n) is 12.9. The van der Waals surface area contributed by atoms with E-state index in [-0.39, 0.29) is 12.1 Å². The van der Waals surface area contributed by atoms with Crippen molar-refractivity contribution in [2.75, 3.05) is 0 Å². The number of fused-ring (bicyclic) bond motifs is 1. The van der Waals surface area contributed by atoms with E-state index >= 15 is 0 Å². The standard InChI is InChI=1S/C19H20N2O/c1-19(2,20)15-6-3-13(4-7-15)16-8-5-14-11-21-10-9-17(14)18(16)12-22/h3-11,22H,12,20H2,1-2H3. The molecule has 0 amide bonds. The Morgan fingerprint density at radius 3 is 2.41 bits per heavy atom. The molecule has 0 spiro atoms. The summed E-state index contributed by atoms with van der Waals surface area (Å²) in [7, 11) is 0. The minimum Gasteiger partial charge on any atom is -0.392 e. The van der Waals surface area contributed by atoms with Gasteiger partial charge in [-0.25, -0.2) is 0 Å². The van der Waals surface area contributed by atoms with Gasteiger partial charge in [0.05, 0.1) is 6.61 Å². The molecule has 3 N–H and O–H groups in total. The highest BCUT2D eigenvalue weighted by atomic mass is 16.3. The number of nitrogens with two attached hydrogens (primary N) is 1. The van der Waals surface area contributed by atoms with Crippen molar-refractivity contribution >= 4 is 10.8 Å². The van der Waals surface area contributed by atoms with Crippen LogP contribution in [-0.2, 0) is 12.1 Å². The molecule has 0 aliphatic heterocycles. The first kappa shape index (κ1) is 14.7. The number of nitrogens with zero attached hydrogens (tertiary/aromatic N) is 1. The number of hydrogen-bond donors (Lipinski definition) is 2. The van der Waals surface area contributed by atoms with Gasteiger partial charge in [-0.3, -0.25) is 4.98 Å². The molecular formula is C19H20N2O. The van der Waals surface area contributed by atoms with Crippen molar-refractivity contribution in [2.24, 2.45) is 5.73 Å². The smallest absolute Gasteiger partial charge is 0.0693 e. The van der Waals surface area contributed by atoms with Crippen LogP contribution in [0.5, 0.6) is 0 Å². The van der Waals surface area contributed by atoms with Gasteiger partial charge in [0.15, 0.2) is 0 Å². The summed E-state index contributed by atoms with van der Waals surface area (Å²) in [5, 5.41) is 11.9. The fraction of sp³-hybridized carbons (Fsp3) is 0.211. The molecule has 0 aliphatic rings. The largest absolute Gasteiger partial charge is 0.392 e. The van der Waals surface area contributed by atoms with Crippen LogP contribution in [0.25, 0.3) is 21.9 Å². The lowest BCUT2D eigenvalue weighted by Crippen LogP contribution is -2.28. The summed E-state index contributed by atoms with van der Waals surface area (Å²) in [6.45, 7) is 3.98. The predicted octanol–water partition coefficient (Wildman–Crippen LogP) is 3.59. The maximum absolute atomic E-state index is 9.82. The van der Waals surface area contributed by atoms with Gasteiger partial charge in [0.1, 0.15) is 0 Å².